The summed E-state index contributed by atoms with van der Waals surface area (Å²) in [5, 5.41) is 10.3. The van der Waals surface area contributed by atoms with Crippen LogP contribution in [-0.4, -0.2) is 60.1 Å². The number of aromatic nitrogens is 2. The van der Waals surface area contributed by atoms with Gasteiger partial charge in [0.1, 0.15) is 37.5 Å². The third-order valence-corrected chi connectivity index (χ3v) is 3.30. The fourth-order valence-electron chi connectivity index (χ4n) is 2.27. The molecule has 1 aromatic heterocycles. The predicted octanol–water partition coefficient (Wildman–Crippen LogP) is -1.28. The zero-order valence-corrected chi connectivity index (χ0v) is 12.6. The Balaban J connectivity index is 2.19. The molecule has 1 aliphatic rings. The van der Waals surface area contributed by atoms with Gasteiger partial charge in [-0.2, -0.15) is 4.98 Å². The number of hydrogen-bond donors (Lipinski definition) is 2. The molecule has 4 unspecified atom stereocenters. The molecule has 1 aromatic rings. The van der Waals surface area contributed by atoms with Crippen LogP contribution in [0.25, 0.3) is 0 Å². The molecule has 3 N–H and O–H groups in total. The van der Waals surface area contributed by atoms with Gasteiger partial charge in [0.2, 0.25) is 0 Å². The molecule has 2 rings (SSSR count). The van der Waals surface area contributed by atoms with E-state index in [1.165, 1.54) is 23.9 Å². The minimum Gasteiger partial charge on any atom is -0.387 e. The van der Waals surface area contributed by atoms with Crippen LogP contribution in [-0.2, 0) is 18.9 Å². The van der Waals surface area contributed by atoms with Crippen LogP contribution >= 0.6 is 0 Å². The molecule has 0 aromatic carbocycles. The fraction of sp³-hybridized carbons (Fsp3) is 0.571. The van der Waals surface area contributed by atoms with Crippen molar-refractivity contribution in [1.82, 2.24) is 9.55 Å². The number of nitrogens with two attached hydrogens (primary N) is 1. The molecule has 1 fully saturated rings. The van der Waals surface area contributed by atoms with E-state index in [2.05, 4.69) is 10.9 Å². The highest BCUT2D eigenvalue weighted by molar-refractivity contribution is 5.23. The van der Waals surface area contributed by atoms with E-state index < -0.39 is 30.2 Å². The van der Waals surface area contributed by atoms with E-state index in [1.807, 2.05) is 0 Å². The highest BCUT2D eigenvalue weighted by atomic mass is 16.7. The molecule has 0 amide bonds. The SMILES string of the molecule is C#CCOCOC1C(O)C(COC)OC1n1ccc(N)nc1=O. The average Bonchev–Trinajstić information content (AvgIpc) is 2.81. The number of aliphatic hydroxyl groups is 1. The van der Waals surface area contributed by atoms with Gasteiger partial charge in [-0.1, -0.05) is 5.92 Å². The van der Waals surface area contributed by atoms with Crippen molar-refractivity contribution in [1.29, 1.82) is 0 Å². The second-order valence-electron chi connectivity index (χ2n) is 4.86. The molecule has 1 aliphatic heterocycles. The van der Waals surface area contributed by atoms with Crippen LogP contribution in [0.5, 0.6) is 0 Å². The quantitative estimate of drug-likeness (QED) is 0.362. The molecule has 0 saturated carbocycles. The van der Waals surface area contributed by atoms with Crippen molar-refractivity contribution < 1.29 is 24.1 Å². The van der Waals surface area contributed by atoms with Crippen molar-refractivity contribution in [2.75, 3.05) is 32.9 Å². The minimum atomic E-state index is -1.01. The van der Waals surface area contributed by atoms with Crippen molar-refractivity contribution in [3.8, 4) is 12.3 Å². The zero-order chi connectivity index (χ0) is 16.8. The van der Waals surface area contributed by atoms with Gasteiger partial charge in [-0.3, -0.25) is 4.57 Å². The maximum atomic E-state index is 12.0. The van der Waals surface area contributed by atoms with E-state index in [0.717, 1.165) is 0 Å². The highest BCUT2D eigenvalue weighted by Crippen LogP contribution is 2.31. The number of methoxy groups -OCH3 is 1. The molecular weight excluding hydrogens is 306 g/mol. The highest BCUT2D eigenvalue weighted by Gasteiger charge is 2.46. The lowest BCUT2D eigenvalue weighted by molar-refractivity contribution is -0.135. The molecule has 4 atom stereocenters. The van der Waals surface area contributed by atoms with Gasteiger partial charge < -0.3 is 29.8 Å². The Hall–Kier alpha value is -1.96. The largest absolute Gasteiger partial charge is 0.387 e. The number of nitrogens with zero attached hydrogens (tertiary/aromatic N) is 2. The first-order chi connectivity index (χ1) is 11.1. The minimum absolute atomic E-state index is 0.0687. The topological polar surface area (TPSA) is 118 Å². The summed E-state index contributed by atoms with van der Waals surface area (Å²) in [6.07, 6.45) is 3.09. The standard InChI is InChI=1S/C14H19N3O6/c1-3-6-21-8-22-12-11(18)9(7-20-2)23-13(12)17-5-4-10(15)16-14(17)19/h1,4-5,9,11-13,18H,6-8H2,2H3,(H2,15,16,19). The number of ether oxygens (including phenoxy) is 4. The van der Waals surface area contributed by atoms with Crippen LogP contribution in [0.15, 0.2) is 17.1 Å². The molecule has 0 aliphatic carbocycles. The van der Waals surface area contributed by atoms with Crippen molar-refractivity contribution in [2.45, 2.75) is 24.5 Å². The Morgan fingerprint density at radius 2 is 2.39 bits per heavy atom. The van der Waals surface area contributed by atoms with E-state index >= 15 is 0 Å². The van der Waals surface area contributed by atoms with Gasteiger partial charge in [0.05, 0.1) is 6.61 Å². The summed E-state index contributed by atoms with van der Waals surface area (Å²) in [5.74, 6) is 2.39. The number of hydrogen-bond acceptors (Lipinski definition) is 8. The summed E-state index contributed by atoms with van der Waals surface area (Å²) in [5.41, 5.74) is 4.86. The second kappa shape index (κ2) is 8.05. The predicted molar refractivity (Wildman–Crippen MR) is 79.2 cm³/mol. The molecule has 0 bridgehead atoms. The van der Waals surface area contributed by atoms with E-state index in [-0.39, 0.29) is 25.8 Å². The molecular formula is C14H19N3O6. The van der Waals surface area contributed by atoms with Crippen molar-refractivity contribution in [3.63, 3.8) is 0 Å². The smallest absolute Gasteiger partial charge is 0.351 e. The number of nitrogen functional groups attached to an aromatic ring is 1. The molecule has 2 heterocycles. The van der Waals surface area contributed by atoms with Gasteiger partial charge in [0, 0.05) is 13.3 Å². The molecule has 126 valence electrons. The molecule has 1 saturated heterocycles. The van der Waals surface area contributed by atoms with Crippen LogP contribution < -0.4 is 11.4 Å². The lowest BCUT2D eigenvalue weighted by Crippen LogP contribution is -2.38. The van der Waals surface area contributed by atoms with Crippen LogP contribution in [0.3, 0.4) is 0 Å². The Bertz CT molecular complexity index is 613. The summed E-state index contributed by atoms with van der Waals surface area (Å²) in [6.45, 7) is 0.0573. The first kappa shape index (κ1) is 17.4. The van der Waals surface area contributed by atoms with E-state index in [9.17, 15) is 9.90 Å². The third-order valence-electron chi connectivity index (χ3n) is 3.30. The van der Waals surface area contributed by atoms with Gasteiger partial charge in [-0.15, -0.1) is 6.42 Å². The summed E-state index contributed by atoms with van der Waals surface area (Å²) in [4.78, 5) is 15.6. The van der Waals surface area contributed by atoms with Crippen molar-refractivity contribution in [3.05, 3.63) is 22.7 Å². The molecule has 9 nitrogen and oxygen atoms in total. The normalized spacial score (nSPS) is 27.0. The van der Waals surface area contributed by atoms with Crippen LogP contribution in [0.1, 0.15) is 6.23 Å². The Kier molecular flexibility index (Phi) is 6.09. The summed E-state index contributed by atoms with van der Waals surface area (Å²) < 4.78 is 22.4. The van der Waals surface area contributed by atoms with Gasteiger partial charge in [-0.25, -0.2) is 4.79 Å². The zero-order valence-electron chi connectivity index (χ0n) is 12.6. The summed E-state index contributed by atoms with van der Waals surface area (Å²) in [7, 11) is 1.48. The van der Waals surface area contributed by atoms with Crippen LogP contribution in [0.2, 0.25) is 0 Å². The number of aliphatic hydroxyl groups excluding tert-OH is 1. The maximum absolute atomic E-state index is 12.0. The Morgan fingerprint density at radius 1 is 1.61 bits per heavy atom. The molecule has 23 heavy (non-hydrogen) atoms. The van der Waals surface area contributed by atoms with E-state index in [0.29, 0.717) is 0 Å². The first-order valence-corrected chi connectivity index (χ1v) is 6.88. The Labute approximate surface area is 132 Å². The van der Waals surface area contributed by atoms with Crippen LogP contribution in [0, 0.1) is 12.3 Å². The van der Waals surface area contributed by atoms with Crippen molar-refractivity contribution >= 4 is 5.82 Å². The monoisotopic (exact) mass is 325 g/mol. The van der Waals surface area contributed by atoms with Gasteiger partial charge in [0.25, 0.3) is 0 Å². The third kappa shape index (κ3) is 4.07. The molecule has 0 radical (unpaired) electrons. The lowest BCUT2D eigenvalue weighted by Gasteiger charge is -2.21. The first-order valence-electron chi connectivity index (χ1n) is 6.88. The number of anilines is 1. The second-order valence-corrected chi connectivity index (χ2v) is 4.86. The van der Waals surface area contributed by atoms with Crippen LogP contribution in [0.4, 0.5) is 5.82 Å². The van der Waals surface area contributed by atoms with Gasteiger partial charge >= 0.3 is 5.69 Å². The fourth-order valence-corrected chi connectivity index (χ4v) is 2.27. The molecule has 9 heteroatoms. The maximum Gasteiger partial charge on any atom is 0.351 e. The van der Waals surface area contributed by atoms with Crippen molar-refractivity contribution in [2.24, 2.45) is 0 Å². The Morgan fingerprint density at radius 3 is 3.04 bits per heavy atom. The summed E-state index contributed by atoms with van der Waals surface area (Å²) >= 11 is 0. The lowest BCUT2D eigenvalue weighted by atomic mass is 10.1. The van der Waals surface area contributed by atoms with Gasteiger partial charge in [-0.05, 0) is 6.07 Å². The van der Waals surface area contributed by atoms with E-state index in [4.69, 9.17) is 31.1 Å². The molecule has 0 spiro atoms. The average molecular weight is 325 g/mol. The number of terminal acetylenes is 1. The summed E-state index contributed by atoms with van der Waals surface area (Å²) in [6, 6.07) is 1.45. The van der Waals surface area contributed by atoms with E-state index in [1.54, 1.807) is 0 Å². The van der Waals surface area contributed by atoms with Gasteiger partial charge in [0.15, 0.2) is 6.23 Å². The number of rotatable bonds is 7.